The van der Waals surface area contributed by atoms with Crippen LogP contribution in [0.25, 0.3) is 22.2 Å². The molecule has 0 saturated carbocycles. The van der Waals surface area contributed by atoms with Crippen LogP contribution in [0.4, 0.5) is 0 Å². The first-order valence-corrected chi connectivity index (χ1v) is 17.5. The molecule has 0 aliphatic carbocycles. The fourth-order valence-electron chi connectivity index (χ4n) is 6.26. The van der Waals surface area contributed by atoms with Crippen LogP contribution in [0.5, 0.6) is 0 Å². The van der Waals surface area contributed by atoms with Crippen LogP contribution in [0.15, 0.2) is 139 Å². The normalized spacial score (nSPS) is 19.8. The van der Waals surface area contributed by atoms with E-state index in [4.69, 9.17) is 9.47 Å². The quantitative estimate of drug-likeness (QED) is 0.162. The summed E-state index contributed by atoms with van der Waals surface area (Å²) in [6.07, 6.45) is 0.794. The van der Waals surface area contributed by atoms with Crippen LogP contribution in [0, 0.1) is 5.92 Å². The molecule has 8 nitrogen and oxygen atoms in total. The standard InChI is InChI=1S/C39H37N3O5S/c1-27-37(24-42-26-40-35-15-5-6-16-36(35)42)46-39(47-38(27)30-19-17-28(25-43)18-20-30)33-12-8-11-32(22-33)31-10-7-9-29(21-31)23-41-48(44,45)34-13-3-2-4-14-34/h2-22,26-27,37-39,41,43H,23-25H2,1H3. The molecule has 2 heterocycles. The zero-order valence-electron chi connectivity index (χ0n) is 26.5. The molecule has 4 unspecified atom stereocenters. The van der Waals surface area contributed by atoms with Gasteiger partial charge in [0.1, 0.15) is 0 Å². The van der Waals surface area contributed by atoms with Gasteiger partial charge in [-0.15, -0.1) is 0 Å². The molecule has 48 heavy (non-hydrogen) atoms. The summed E-state index contributed by atoms with van der Waals surface area (Å²) >= 11 is 0. The molecule has 9 heteroatoms. The minimum atomic E-state index is -3.63. The number of benzene rings is 5. The van der Waals surface area contributed by atoms with Gasteiger partial charge in [-0.1, -0.05) is 97.9 Å². The zero-order valence-corrected chi connectivity index (χ0v) is 27.3. The largest absolute Gasteiger partial charge is 0.392 e. The summed E-state index contributed by atoms with van der Waals surface area (Å²) in [6, 6.07) is 40.3. The molecule has 2 N–H and O–H groups in total. The average Bonchev–Trinajstić information content (AvgIpc) is 3.55. The lowest BCUT2D eigenvalue weighted by molar-refractivity contribution is -0.276. The number of aliphatic hydroxyl groups excluding tert-OH is 1. The SMILES string of the molecule is CC1C(Cn2cnc3ccccc32)OC(c2cccc(-c3cccc(CNS(=O)(=O)c4ccccc4)c3)c2)OC1c1ccc(CO)cc1. The van der Waals surface area contributed by atoms with Gasteiger partial charge in [0, 0.05) is 18.0 Å². The molecule has 4 atom stereocenters. The Hall–Kier alpha value is -4.64. The predicted molar refractivity (Wildman–Crippen MR) is 185 cm³/mol. The van der Waals surface area contributed by atoms with Crippen molar-refractivity contribution in [3.8, 4) is 11.1 Å². The van der Waals surface area contributed by atoms with E-state index in [0.29, 0.717) is 6.54 Å². The Labute approximate surface area is 280 Å². The fourth-order valence-corrected chi connectivity index (χ4v) is 7.30. The third-order valence-corrected chi connectivity index (χ3v) is 10.4. The molecule has 244 valence electrons. The highest BCUT2D eigenvalue weighted by atomic mass is 32.2. The van der Waals surface area contributed by atoms with Crippen LogP contribution < -0.4 is 4.72 Å². The zero-order chi connectivity index (χ0) is 33.1. The summed E-state index contributed by atoms with van der Waals surface area (Å²) in [5.74, 6) is 0.0157. The van der Waals surface area contributed by atoms with E-state index in [9.17, 15) is 13.5 Å². The summed E-state index contributed by atoms with van der Waals surface area (Å²) in [4.78, 5) is 4.83. The highest BCUT2D eigenvalue weighted by molar-refractivity contribution is 7.89. The van der Waals surface area contributed by atoms with Crippen molar-refractivity contribution in [3.05, 3.63) is 156 Å². The number of aromatic nitrogens is 2. The lowest BCUT2D eigenvalue weighted by Gasteiger charge is -2.41. The van der Waals surface area contributed by atoms with Crippen molar-refractivity contribution >= 4 is 21.1 Å². The minimum absolute atomic E-state index is 0.0157. The first-order valence-electron chi connectivity index (χ1n) is 16.0. The smallest absolute Gasteiger partial charge is 0.240 e. The third-order valence-electron chi connectivity index (χ3n) is 8.97. The Morgan fingerprint density at radius 3 is 2.29 bits per heavy atom. The van der Waals surface area contributed by atoms with E-state index in [2.05, 4.69) is 33.3 Å². The number of sulfonamides is 1. The third kappa shape index (κ3) is 6.82. The van der Waals surface area contributed by atoms with E-state index in [0.717, 1.165) is 44.4 Å². The number of hydrogen-bond donors (Lipinski definition) is 2. The Balaban J connectivity index is 1.16. The van der Waals surface area contributed by atoms with Gasteiger partial charge in [-0.05, 0) is 64.2 Å². The second kappa shape index (κ2) is 13.8. The maximum atomic E-state index is 12.8. The van der Waals surface area contributed by atoms with Crippen molar-refractivity contribution in [2.45, 2.75) is 50.0 Å². The van der Waals surface area contributed by atoms with E-state index in [1.807, 2.05) is 91.3 Å². The molecule has 1 aliphatic rings. The summed E-state index contributed by atoms with van der Waals surface area (Å²) in [5.41, 5.74) is 7.50. The van der Waals surface area contributed by atoms with Gasteiger partial charge in [0.15, 0.2) is 6.29 Å². The van der Waals surface area contributed by atoms with Crippen LogP contribution in [-0.4, -0.2) is 29.2 Å². The molecular weight excluding hydrogens is 623 g/mol. The topological polar surface area (TPSA) is 103 Å². The number of nitrogens with one attached hydrogen (secondary N) is 1. The molecule has 1 saturated heterocycles. The summed E-state index contributed by atoms with van der Waals surface area (Å²) in [7, 11) is -3.63. The second-order valence-corrected chi connectivity index (χ2v) is 13.9. The Bertz CT molecular complexity index is 2120. The Morgan fingerprint density at radius 2 is 1.50 bits per heavy atom. The summed E-state index contributed by atoms with van der Waals surface area (Å²) < 4.78 is 43.9. The van der Waals surface area contributed by atoms with Crippen molar-refractivity contribution in [1.82, 2.24) is 14.3 Å². The lowest BCUT2D eigenvalue weighted by atomic mass is 9.90. The van der Waals surface area contributed by atoms with Crippen LogP contribution in [-0.2, 0) is 39.2 Å². The monoisotopic (exact) mass is 659 g/mol. The van der Waals surface area contributed by atoms with Crippen LogP contribution in [0.1, 0.15) is 41.6 Å². The molecule has 0 spiro atoms. The van der Waals surface area contributed by atoms with Crippen molar-refractivity contribution < 1.29 is 23.0 Å². The van der Waals surface area contributed by atoms with Gasteiger partial charge in [0.2, 0.25) is 10.0 Å². The van der Waals surface area contributed by atoms with E-state index < -0.39 is 16.3 Å². The van der Waals surface area contributed by atoms with Crippen molar-refractivity contribution in [2.24, 2.45) is 5.92 Å². The molecule has 6 aromatic rings. The number of ether oxygens (including phenoxy) is 2. The first kappa shape index (κ1) is 31.9. The number of nitrogens with zero attached hydrogens (tertiary/aromatic N) is 2. The van der Waals surface area contributed by atoms with Gasteiger partial charge in [-0.3, -0.25) is 0 Å². The molecule has 0 radical (unpaired) electrons. The van der Waals surface area contributed by atoms with E-state index >= 15 is 0 Å². The van der Waals surface area contributed by atoms with Gasteiger partial charge in [-0.25, -0.2) is 18.1 Å². The Kier molecular flexibility index (Phi) is 9.21. The number of fused-ring (bicyclic) bond motifs is 1. The van der Waals surface area contributed by atoms with Gasteiger partial charge >= 0.3 is 0 Å². The van der Waals surface area contributed by atoms with Gasteiger partial charge in [0.05, 0.1) is 47.6 Å². The maximum Gasteiger partial charge on any atom is 0.240 e. The minimum Gasteiger partial charge on any atom is -0.392 e. The second-order valence-electron chi connectivity index (χ2n) is 12.2. The first-order chi connectivity index (χ1) is 23.4. The van der Waals surface area contributed by atoms with E-state index in [1.54, 1.807) is 30.3 Å². The van der Waals surface area contributed by atoms with Crippen molar-refractivity contribution in [2.75, 3.05) is 0 Å². The highest BCUT2D eigenvalue weighted by Gasteiger charge is 2.38. The molecule has 5 aromatic carbocycles. The highest BCUT2D eigenvalue weighted by Crippen LogP contribution is 2.43. The number of para-hydroxylation sites is 2. The Morgan fingerprint density at radius 1 is 0.771 bits per heavy atom. The molecule has 7 rings (SSSR count). The lowest BCUT2D eigenvalue weighted by Crippen LogP contribution is -2.39. The maximum absolute atomic E-state index is 12.8. The van der Waals surface area contributed by atoms with Gasteiger partial charge in [-0.2, -0.15) is 0 Å². The molecule has 1 fully saturated rings. The van der Waals surface area contributed by atoms with Crippen LogP contribution >= 0.6 is 0 Å². The summed E-state index contributed by atoms with van der Waals surface area (Å²) in [6.45, 7) is 2.90. The fraction of sp³-hybridized carbons (Fsp3) is 0.205. The number of rotatable bonds is 10. The molecular formula is C39H37N3O5S. The number of imidazole rings is 1. The van der Waals surface area contributed by atoms with Gasteiger partial charge < -0.3 is 19.1 Å². The molecule has 0 amide bonds. The predicted octanol–water partition coefficient (Wildman–Crippen LogP) is 7.17. The van der Waals surface area contributed by atoms with Crippen molar-refractivity contribution in [3.63, 3.8) is 0 Å². The average molecular weight is 660 g/mol. The molecule has 0 bridgehead atoms. The number of aliphatic hydroxyl groups is 1. The van der Waals surface area contributed by atoms with Gasteiger partial charge in [0.25, 0.3) is 0 Å². The van der Waals surface area contributed by atoms with E-state index in [-0.39, 0.29) is 36.2 Å². The van der Waals surface area contributed by atoms with Crippen LogP contribution in [0.2, 0.25) is 0 Å². The summed E-state index contributed by atoms with van der Waals surface area (Å²) in [5, 5.41) is 9.61. The molecule has 1 aliphatic heterocycles. The van der Waals surface area contributed by atoms with Crippen molar-refractivity contribution in [1.29, 1.82) is 0 Å². The van der Waals surface area contributed by atoms with E-state index in [1.165, 1.54) is 0 Å². The molecule has 1 aromatic heterocycles. The number of hydrogen-bond acceptors (Lipinski definition) is 6. The van der Waals surface area contributed by atoms with Crippen LogP contribution in [0.3, 0.4) is 0 Å².